The minimum atomic E-state index is 0.254. The van der Waals surface area contributed by atoms with Gasteiger partial charge in [0.2, 0.25) is 0 Å². The lowest BCUT2D eigenvalue weighted by molar-refractivity contribution is 0.263. The van der Waals surface area contributed by atoms with Gasteiger partial charge in [0, 0.05) is 6.20 Å². The summed E-state index contributed by atoms with van der Waals surface area (Å²) in [7, 11) is 0. The van der Waals surface area contributed by atoms with Gasteiger partial charge in [-0.25, -0.2) is 4.98 Å². The normalized spacial score (nSPS) is 20.5. The first-order chi connectivity index (χ1) is 5.86. The molecule has 1 atom stereocenters. The van der Waals surface area contributed by atoms with Crippen LogP contribution in [0.5, 0.6) is 5.75 Å². The lowest BCUT2D eigenvalue weighted by atomic mass is 10.4. The van der Waals surface area contributed by atoms with Crippen LogP contribution in [0.1, 0.15) is 0 Å². The summed E-state index contributed by atoms with van der Waals surface area (Å²) in [5.41, 5.74) is 5.55. The van der Waals surface area contributed by atoms with E-state index in [0.717, 1.165) is 6.61 Å². The summed E-state index contributed by atoms with van der Waals surface area (Å²) in [5, 5.41) is 0. The van der Waals surface area contributed by atoms with Crippen molar-refractivity contribution in [2.45, 2.75) is 6.10 Å². The van der Waals surface area contributed by atoms with Gasteiger partial charge in [-0.3, -0.25) is 0 Å². The maximum absolute atomic E-state index is 5.55. The minimum absolute atomic E-state index is 0.254. The molecule has 0 radical (unpaired) electrons. The Hall–Kier alpha value is -1.29. The van der Waals surface area contributed by atoms with Gasteiger partial charge in [-0.1, -0.05) is 0 Å². The maximum Gasteiger partial charge on any atom is 0.166 e. The zero-order valence-electron chi connectivity index (χ0n) is 6.56. The van der Waals surface area contributed by atoms with Crippen molar-refractivity contribution in [1.29, 1.82) is 0 Å². The van der Waals surface area contributed by atoms with Crippen LogP contribution in [0.3, 0.4) is 0 Å². The summed E-state index contributed by atoms with van der Waals surface area (Å²) in [6, 6.07) is 3.59. The molecule has 0 aliphatic carbocycles. The summed E-state index contributed by atoms with van der Waals surface area (Å²) in [6.07, 6.45) is 1.89. The van der Waals surface area contributed by atoms with E-state index in [1.54, 1.807) is 18.3 Å². The number of hydrogen-bond acceptors (Lipinski definition) is 4. The molecule has 1 saturated heterocycles. The highest BCUT2D eigenvalue weighted by Gasteiger charge is 2.23. The van der Waals surface area contributed by atoms with Crippen molar-refractivity contribution < 1.29 is 9.47 Å². The molecule has 1 aliphatic rings. The van der Waals surface area contributed by atoms with Gasteiger partial charge in [-0.15, -0.1) is 0 Å². The third-order valence-electron chi connectivity index (χ3n) is 1.63. The number of ether oxygens (including phenoxy) is 2. The molecule has 1 aromatic rings. The highest BCUT2D eigenvalue weighted by molar-refractivity contribution is 5.44. The third-order valence-corrected chi connectivity index (χ3v) is 1.63. The number of pyridine rings is 1. The molecule has 1 aliphatic heterocycles. The van der Waals surface area contributed by atoms with Crippen molar-refractivity contribution >= 4 is 5.82 Å². The SMILES string of the molecule is Nc1ncccc1OC[C@@H]1CO1. The molecule has 0 aromatic carbocycles. The van der Waals surface area contributed by atoms with Crippen LogP contribution < -0.4 is 10.5 Å². The summed E-state index contributed by atoms with van der Waals surface area (Å²) in [6.45, 7) is 1.36. The summed E-state index contributed by atoms with van der Waals surface area (Å²) in [4.78, 5) is 3.89. The fraction of sp³-hybridized carbons (Fsp3) is 0.375. The van der Waals surface area contributed by atoms with E-state index in [-0.39, 0.29) is 6.10 Å². The van der Waals surface area contributed by atoms with Crippen LogP contribution in [-0.4, -0.2) is 24.3 Å². The lowest BCUT2D eigenvalue weighted by Crippen LogP contribution is -2.06. The average Bonchev–Trinajstić information content (AvgIpc) is 2.86. The fourth-order valence-corrected chi connectivity index (χ4v) is 0.872. The van der Waals surface area contributed by atoms with E-state index in [4.69, 9.17) is 15.2 Å². The largest absolute Gasteiger partial charge is 0.487 e. The van der Waals surface area contributed by atoms with Crippen molar-refractivity contribution in [3.05, 3.63) is 18.3 Å². The molecule has 4 heteroatoms. The number of hydrogen-bond donors (Lipinski definition) is 1. The molecule has 0 unspecified atom stereocenters. The first-order valence-corrected chi connectivity index (χ1v) is 3.81. The van der Waals surface area contributed by atoms with Crippen LogP contribution in [0, 0.1) is 0 Å². The van der Waals surface area contributed by atoms with E-state index in [1.807, 2.05) is 0 Å². The second-order valence-corrected chi connectivity index (χ2v) is 2.65. The molecule has 4 nitrogen and oxygen atoms in total. The van der Waals surface area contributed by atoms with Gasteiger partial charge in [-0.2, -0.15) is 0 Å². The minimum Gasteiger partial charge on any atom is -0.487 e. The number of rotatable bonds is 3. The lowest BCUT2D eigenvalue weighted by Gasteiger charge is -2.04. The van der Waals surface area contributed by atoms with E-state index in [9.17, 15) is 0 Å². The number of aromatic nitrogens is 1. The monoisotopic (exact) mass is 166 g/mol. The molecular weight excluding hydrogens is 156 g/mol. The van der Waals surface area contributed by atoms with E-state index in [1.165, 1.54) is 0 Å². The number of nitrogens with zero attached hydrogens (tertiary/aromatic N) is 1. The molecular formula is C8H10N2O2. The predicted molar refractivity (Wildman–Crippen MR) is 43.9 cm³/mol. The smallest absolute Gasteiger partial charge is 0.166 e. The number of nitrogen functional groups attached to an aromatic ring is 1. The van der Waals surface area contributed by atoms with Crippen molar-refractivity contribution in [2.24, 2.45) is 0 Å². The summed E-state index contributed by atoms with van der Waals surface area (Å²) in [5.74, 6) is 1.06. The standard InChI is InChI=1S/C8H10N2O2/c9-8-7(2-1-3-10-8)12-5-6-4-11-6/h1-3,6H,4-5H2,(H2,9,10)/t6-/m0/s1. The van der Waals surface area contributed by atoms with Gasteiger partial charge >= 0.3 is 0 Å². The van der Waals surface area contributed by atoms with Crippen LogP contribution in [0.2, 0.25) is 0 Å². The Morgan fingerprint density at radius 3 is 3.25 bits per heavy atom. The molecule has 2 heterocycles. The first-order valence-electron chi connectivity index (χ1n) is 3.81. The Labute approximate surface area is 70.3 Å². The van der Waals surface area contributed by atoms with E-state index >= 15 is 0 Å². The van der Waals surface area contributed by atoms with Crippen LogP contribution in [0.25, 0.3) is 0 Å². The van der Waals surface area contributed by atoms with Crippen LogP contribution in [0.4, 0.5) is 5.82 Å². The molecule has 2 N–H and O–H groups in total. The number of epoxide rings is 1. The molecule has 2 rings (SSSR count). The van der Waals surface area contributed by atoms with Gasteiger partial charge < -0.3 is 15.2 Å². The Balaban J connectivity index is 1.96. The van der Waals surface area contributed by atoms with E-state index < -0.39 is 0 Å². The number of nitrogens with two attached hydrogens (primary N) is 1. The Kier molecular flexibility index (Phi) is 1.83. The van der Waals surface area contributed by atoms with E-state index in [2.05, 4.69) is 4.98 Å². The van der Waals surface area contributed by atoms with Crippen LogP contribution >= 0.6 is 0 Å². The maximum atomic E-state index is 5.55. The fourth-order valence-electron chi connectivity index (χ4n) is 0.872. The number of anilines is 1. The van der Waals surface area contributed by atoms with Crippen molar-refractivity contribution in [1.82, 2.24) is 4.98 Å². The molecule has 64 valence electrons. The van der Waals surface area contributed by atoms with Gasteiger partial charge in [0.15, 0.2) is 11.6 Å². The summed E-state index contributed by atoms with van der Waals surface area (Å²) >= 11 is 0. The zero-order chi connectivity index (χ0) is 8.39. The molecule has 0 amide bonds. The van der Waals surface area contributed by atoms with Crippen molar-refractivity contribution in [2.75, 3.05) is 18.9 Å². The highest BCUT2D eigenvalue weighted by Crippen LogP contribution is 2.19. The molecule has 0 spiro atoms. The van der Waals surface area contributed by atoms with Crippen molar-refractivity contribution in [3.63, 3.8) is 0 Å². The molecule has 12 heavy (non-hydrogen) atoms. The molecule has 0 saturated carbocycles. The topological polar surface area (TPSA) is 60.7 Å². The van der Waals surface area contributed by atoms with Gasteiger partial charge in [0.05, 0.1) is 6.61 Å². The highest BCUT2D eigenvalue weighted by atomic mass is 16.6. The van der Waals surface area contributed by atoms with Crippen molar-refractivity contribution in [3.8, 4) is 5.75 Å². The molecule has 1 fully saturated rings. The second kappa shape index (κ2) is 2.98. The predicted octanol–water partition coefficient (Wildman–Crippen LogP) is 0.441. The van der Waals surface area contributed by atoms with Gasteiger partial charge in [0.1, 0.15) is 12.7 Å². The van der Waals surface area contributed by atoms with E-state index in [0.29, 0.717) is 18.2 Å². The second-order valence-electron chi connectivity index (χ2n) is 2.65. The third kappa shape index (κ3) is 1.65. The van der Waals surface area contributed by atoms with Crippen LogP contribution in [0.15, 0.2) is 18.3 Å². The quantitative estimate of drug-likeness (QED) is 0.662. The molecule has 0 bridgehead atoms. The molecule has 1 aromatic heterocycles. The zero-order valence-corrected chi connectivity index (χ0v) is 6.56. The Morgan fingerprint density at radius 1 is 1.75 bits per heavy atom. The van der Waals surface area contributed by atoms with Gasteiger partial charge in [0.25, 0.3) is 0 Å². The Morgan fingerprint density at radius 2 is 2.58 bits per heavy atom. The van der Waals surface area contributed by atoms with Crippen LogP contribution in [-0.2, 0) is 4.74 Å². The first kappa shape index (κ1) is 7.36. The van der Waals surface area contributed by atoms with Gasteiger partial charge in [-0.05, 0) is 12.1 Å². The average molecular weight is 166 g/mol. The summed E-state index contributed by atoms with van der Waals surface area (Å²) < 4.78 is 10.3. The Bertz CT molecular complexity index is 274.